The zero-order valence-corrected chi connectivity index (χ0v) is 11.5. The van der Waals surface area contributed by atoms with Crippen molar-refractivity contribution in [2.75, 3.05) is 40.3 Å². The van der Waals surface area contributed by atoms with E-state index in [4.69, 9.17) is 4.74 Å². The predicted octanol–water partition coefficient (Wildman–Crippen LogP) is -0.0252. The van der Waals surface area contributed by atoms with Crippen LogP contribution < -0.4 is 0 Å². The van der Waals surface area contributed by atoms with Crippen LogP contribution in [0.25, 0.3) is 0 Å². The lowest BCUT2D eigenvalue weighted by Crippen LogP contribution is -2.59. The van der Waals surface area contributed by atoms with Crippen molar-refractivity contribution in [1.29, 1.82) is 0 Å². The Kier molecular flexibility index (Phi) is 4.05. The molecule has 2 unspecified atom stereocenters. The monoisotopic (exact) mass is 271 g/mol. The fourth-order valence-corrected chi connectivity index (χ4v) is 3.24. The molecule has 0 bridgehead atoms. The second-order valence-electron chi connectivity index (χ2n) is 5.60. The smallest absolute Gasteiger partial charge is 0.387 e. The number of methoxy groups -OCH3 is 1. The molecule has 19 heavy (non-hydrogen) atoms. The van der Waals surface area contributed by atoms with E-state index in [2.05, 4.69) is 4.90 Å². The molecule has 0 spiro atoms. The summed E-state index contributed by atoms with van der Waals surface area (Å²) in [6.07, 6.45) is 3.23. The van der Waals surface area contributed by atoms with Crippen LogP contribution in [-0.2, 0) is 9.53 Å². The van der Waals surface area contributed by atoms with E-state index < -0.39 is 16.4 Å². The highest BCUT2D eigenvalue weighted by molar-refractivity contribution is 5.80. The number of esters is 1. The molecule has 0 aromatic heterocycles. The second-order valence-corrected chi connectivity index (χ2v) is 5.60. The van der Waals surface area contributed by atoms with Crippen molar-refractivity contribution in [3.05, 3.63) is 10.1 Å². The van der Waals surface area contributed by atoms with Crippen LogP contribution in [0.5, 0.6) is 0 Å². The molecule has 0 N–H and O–H groups in total. The third-order valence-corrected chi connectivity index (χ3v) is 4.18. The van der Waals surface area contributed by atoms with Gasteiger partial charge in [0, 0.05) is 17.5 Å². The first-order valence-corrected chi connectivity index (χ1v) is 6.65. The van der Waals surface area contributed by atoms with Crippen molar-refractivity contribution >= 4 is 5.97 Å². The molecule has 2 heterocycles. The SMILES string of the molecule is COC(=O)C1([N+](=O)[O-])CN(C)CC2CCCCN2C1. The number of hydrogen-bond donors (Lipinski definition) is 0. The number of piperidine rings is 1. The van der Waals surface area contributed by atoms with E-state index in [-0.39, 0.29) is 13.1 Å². The summed E-state index contributed by atoms with van der Waals surface area (Å²) in [5, 5.41) is 11.5. The Morgan fingerprint density at radius 1 is 1.42 bits per heavy atom. The summed E-state index contributed by atoms with van der Waals surface area (Å²) in [7, 11) is 3.05. The van der Waals surface area contributed by atoms with Crippen LogP contribution in [0.15, 0.2) is 0 Å². The quantitative estimate of drug-likeness (QED) is 0.399. The average molecular weight is 271 g/mol. The standard InChI is InChI=1S/C12H21N3O4/c1-13-7-10-5-3-4-6-14(10)9-12(8-13,15(17)18)11(16)19-2/h10H,3-9H2,1-2H3. The molecule has 7 heteroatoms. The molecule has 2 aliphatic rings. The minimum absolute atomic E-state index is 0.111. The third-order valence-electron chi connectivity index (χ3n) is 4.18. The minimum Gasteiger partial charge on any atom is -0.464 e. The molecule has 2 aliphatic heterocycles. The second kappa shape index (κ2) is 5.42. The highest BCUT2D eigenvalue weighted by Crippen LogP contribution is 2.27. The van der Waals surface area contributed by atoms with Gasteiger partial charge in [0.1, 0.15) is 0 Å². The molecule has 0 saturated carbocycles. The number of nitrogens with zero attached hydrogens (tertiary/aromatic N) is 3. The lowest BCUT2D eigenvalue weighted by molar-refractivity contribution is -0.555. The van der Waals surface area contributed by atoms with Crippen LogP contribution in [0, 0.1) is 10.1 Å². The largest absolute Gasteiger partial charge is 0.464 e. The number of fused-ring (bicyclic) bond motifs is 1. The fraction of sp³-hybridized carbons (Fsp3) is 0.917. The molecule has 0 radical (unpaired) electrons. The van der Waals surface area contributed by atoms with Gasteiger partial charge in [0.25, 0.3) is 0 Å². The summed E-state index contributed by atoms with van der Waals surface area (Å²) in [6, 6.07) is 0.310. The highest BCUT2D eigenvalue weighted by Gasteiger charge is 2.56. The van der Waals surface area contributed by atoms with Gasteiger partial charge in [0.2, 0.25) is 0 Å². The van der Waals surface area contributed by atoms with Gasteiger partial charge in [0.15, 0.2) is 0 Å². The van der Waals surface area contributed by atoms with E-state index in [0.717, 1.165) is 32.4 Å². The third kappa shape index (κ3) is 2.57. The van der Waals surface area contributed by atoms with Gasteiger partial charge in [0.05, 0.1) is 20.2 Å². The molecule has 2 fully saturated rings. The van der Waals surface area contributed by atoms with Crippen LogP contribution in [-0.4, -0.2) is 72.6 Å². The van der Waals surface area contributed by atoms with Crippen molar-refractivity contribution in [3.63, 3.8) is 0 Å². The fourth-order valence-electron chi connectivity index (χ4n) is 3.24. The topological polar surface area (TPSA) is 75.9 Å². The Hall–Kier alpha value is -1.21. The minimum atomic E-state index is -1.66. The summed E-state index contributed by atoms with van der Waals surface area (Å²) >= 11 is 0. The number of ether oxygens (including phenoxy) is 1. The normalized spacial score (nSPS) is 33.3. The number of carbonyl (C=O) groups is 1. The summed E-state index contributed by atoms with van der Waals surface area (Å²) in [6.45, 7) is 1.86. The zero-order valence-electron chi connectivity index (χ0n) is 11.5. The Balaban J connectivity index is 2.31. The van der Waals surface area contributed by atoms with Gasteiger partial charge in [-0.15, -0.1) is 0 Å². The highest BCUT2D eigenvalue weighted by atomic mass is 16.6. The van der Waals surface area contributed by atoms with Crippen molar-refractivity contribution < 1.29 is 14.5 Å². The Bertz CT molecular complexity index is 376. The maximum Gasteiger partial charge on any atom is 0.387 e. The van der Waals surface area contributed by atoms with E-state index in [1.165, 1.54) is 7.11 Å². The van der Waals surface area contributed by atoms with Gasteiger partial charge in [-0.2, -0.15) is 0 Å². The average Bonchev–Trinajstić information content (AvgIpc) is 2.53. The molecule has 0 amide bonds. The van der Waals surface area contributed by atoms with Crippen LogP contribution in [0.3, 0.4) is 0 Å². The van der Waals surface area contributed by atoms with Gasteiger partial charge in [-0.3, -0.25) is 19.9 Å². The van der Waals surface area contributed by atoms with E-state index in [9.17, 15) is 14.9 Å². The number of likely N-dealkylation sites (N-methyl/N-ethyl adjacent to an activating group) is 1. The van der Waals surface area contributed by atoms with E-state index >= 15 is 0 Å². The lowest BCUT2D eigenvalue weighted by Gasteiger charge is -2.35. The van der Waals surface area contributed by atoms with Crippen LogP contribution in [0.1, 0.15) is 19.3 Å². The summed E-state index contributed by atoms with van der Waals surface area (Å²) in [5.74, 6) is -0.740. The van der Waals surface area contributed by atoms with Gasteiger partial charge in [-0.05, 0) is 26.4 Å². The first-order chi connectivity index (χ1) is 8.99. The molecule has 2 saturated heterocycles. The van der Waals surface area contributed by atoms with E-state index in [1.54, 1.807) is 0 Å². The predicted molar refractivity (Wildman–Crippen MR) is 68.5 cm³/mol. The molecule has 0 aromatic carbocycles. The van der Waals surface area contributed by atoms with Crippen LogP contribution in [0.2, 0.25) is 0 Å². The summed E-state index contributed by atoms with van der Waals surface area (Å²) < 4.78 is 4.70. The summed E-state index contributed by atoms with van der Waals surface area (Å²) in [4.78, 5) is 27.0. The molecular formula is C12H21N3O4. The first-order valence-electron chi connectivity index (χ1n) is 6.65. The molecule has 2 rings (SSSR count). The van der Waals surface area contributed by atoms with Crippen molar-refractivity contribution in [1.82, 2.24) is 9.80 Å². The van der Waals surface area contributed by atoms with Crippen molar-refractivity contribution in [2.24, 2.45) is 0 Å². The van der Waals surface area contributed by atoms with Crippen LogP contribution in [0.4, 0.5) is 0 Å². The molecule has 108 valence electrons. The van der Waals surface area contributed by atoms with E-state index in [1.807, 2.05) is 11.9 Å². The molecule has 2 atom stereocenters. The Morgan fingerprint density at radius 3 is 2.79 bits per heavy atom. The summed E-state index contributed by atoms with van der Waals surface area (Å²) in [5.41, 5.74) is -1.66. The Labute approximate surface area is 112 Å². The number of nitro groups is 1. The molecular weight excluding hydrogens is 250 g/mol. The van der Waals surface area contributed by atoms with Gasteiger partial charge < -0.3 is 4.74 Å². The van der Waals surface area contributed by atoms with Gasteiger partial charge in [-0.1, -0.05) is 6.42 Å². The Morgan fingerprint density at radius 2 is 2.16 bits per heavy atom. The van der Waals surface area contributed by atoms with Crippen molar-refractivity contribution in [3.8, 4) is 0 Å². The maximum atomic E-state index is 12.0. The maximum absolute atomic E-state index is 12.0. The van der Waals surface area contributed by atoms with Crippen molar-refractivity contribution in [2.45, 2.75) is 30.8 Å². The van der Waals surface area contributed by atoms with E-state index in [0.29, 0.717) is 6.04 Å². The zero-order chi connectivity index (χ0) is 14.0. The number of rotatable bonds is 2. The van der Waals surface area contributed by atoms with Gasteiger partial charge >= 0.3 is 11.5 Å². The molecule has 0 aliphatic carbocycles. The van der Waals surface area contributed by atoms with Crippen LogP contribution >= 0.6 is 0 Å². The number of carbonyl (C=O) groups excluding carboxylic acids is 1. The lowest BCUT2D eigenvalue weighted by atomic mass is 9.97. The van der Waals surface area contributed by atoms with Gasteiger partial charge in [-0.25, -0.2) is 4.79 Å². The molecule has 0 aromatic rings. The first kappa shape index (κ1) is 14.2. The molecule has 7 nitrogen and oxygen atoms in total. The number of hydrogen-bond acceptors (Lipinski definition) is 6.